The number of rotatable bonds is 6. The van der Waals surface area contributed by atoms with Crippen LogP contribution in [0.15, 0.2) is 24.3 Å². The molecule has 1 rings (SSSR count). The van der Waals surface area contributed by atoms with Gasteiger partial charge in [-0.25, -0.2) is 0 Å². The molecule has 0 aliphatic heterocycles. The molecular formula is C14H20BrNO2. The first-order valence-corrected chi connectivity index (χ1v) is 7.14. The van der Waals surface area contributed by atoms with Gasteiger partial charge in [-0.05, 0) is 36.6 Å². The van der Waals surface area contributed by atoms with E-state index in [9.17, 15) is 4.79 Å². The van der Waals surface area contributed by atoms with Crippen LogP contribution < -0.4 is 10.1 Å². The second-order valence-corrected chi connectivity index (χ2v) is 5.49. The van der Waals surface area contributed by atoms with E-state index in [0.717, 1.165) is 17.9 Å². The lowest BCUT2D eigenvalue weighted by atomic mass is 10.1. The summed E-state index contributed by atoms with van der Waals surface area (Å²) in [5.74, 6) is 1.07. The lowest BCUT2D eigenvalue weighted by Gasteiger charge is -2.14. The maximum absolute atomic E-state index is 11.8. The molecule has 0 aromatic heterocycles. The summed E-state index contributed by atoms with van der Waals surface area (Å²) in [6.07, 6.45) is 0.984. The smallest absolute Gasteiger partial charge is 0.238 e. The van der Waals surface area contributed by atoms with E-state index < -0.39 is 0 Å². The van der Waals surface area contributed by atoms with E-state index in [1.165, 1.54) is 0 Å². The number of alkyl halides is 1. The Kier molecular flexibility index (Phi) is 6.19. The van der Waals surface area contributed by atoms with Gasteiger partial charge in [0.1, 0.15) is 5.75 Å². The second kappa shape index (κ2) is 7.41. The summed E-state index contributed by atoms with van der Waals surface area (Å²) in [5, 5.41) is 2.86. The first-order valence-electron chi connectivity index (χ1n) is 6.22. The zero-order valence-corrected chi connectivity index (χ0v) is 12.7. The molecule has 1 N–H and O–H groups in total. The molecule has 3 nitrogen and oxygen atoms in total. The summed E-state index contributed by atoms with van der Waals surface area (Å²) >= 11 is 3.38. The van der Waals surface area contributed by atoms with Gasteiger partial charge in [0.15, 0.2) is 0 Å². The monoisotopic (exact) mass is 313 g/mol. The van der Waals surface area contributed by atoms with Crippen LogP contribution in [0.4, 0.5) is 5.69 Å². The minimum Gasteiger partial charge on any atom is -0.494 e. The highest BCUT2D eigenvalue weighted by Gasteiger charge is 2.18. The van der Waals surface area contributed by atoms with Crippen LogP contribution in [0.3, 0.4) is 0 Å². The summed E-state index contributed by atoms with van der Waals surface area (Å²) in [5.41, 5.74) is 0.786. The number of amides is 1. The predicted molar refractivity (Wildman–Crippen MR) is 78.4 cm³/mol. The van der Waals surface area contributed by atoms with Gasteiger partial charge in [0, 0.05) is 5.69 Å². The van der Waals surface area contributed by atoms with Crippen LogP contribution in [-0.4, -0.2) is 17.3 Å². The van der Waals surface area contributed by atoms with Crippen LogP contribution in [0.1, 0.15) is 27.2 Å². The number of anilines is 1. The van der Waals surface area contributed by atoms with E-state index in [1.54, 1.807) is 0 Å². The Bertz CT molecular complexity index is 376. The number of nitrogens with one attached hydrogen (secondary N) is 1. The number of hydrogen-bond donors (Lipinski definition) is 1. The molecule has 0 spiro atoms. The Labute approximate surface area is 117 Å². The molecule has 1 aromatic carbocycles. The van der Waals surface area contributed by atoms with Gasteiger partial charge < -0.3 is 10.1 Å². The van der Waals surface area contributed by atoms with Crippen molar-refractivity contribution in [1.82, 2.24) is 0 Å². The molecule has 100 valence electrons. The van der Waals surface area contributed by atoms with Crippen LogP contribution in [0.25, 0.3) is 0 Å². The Balaban J connectivity index is 2.55. The number of hydrogen-bond acceptors (Lipinski definition) is 2. The van der Waals surface area contributed by atoms with Gasteiger partial charge in [-0.2, -0.15) is 0 Å². The van der Waals surface area contributed by atoms with Gasteiger partial charge in [0.2, 0.25) is 5.91 Å². The molecule has 0 aliphatic carbocycles. The average molecular weight is 314 g/mol. The lowest BCUT2D eigenvalue weighted by molar-refractivity contribution is -0.116. The average Bonchev–Trinajstić information content (AvgIpc) is 2.36. The zero-order valence-electron chi connectivity index (χ0n) is 11.1. The van der Waals surface area contributed by atoms with Crippen LogP contribution in [0, 0.1) is 5.92 Å². The molecule has 0 saturated carbocycles. The number of benzene rings is 1. The highest BCUT2D eigenvalue weighted by molar-refractivity contribution is 9.10. The van der Waals surface area contributed by atoms with Crippen LogP contribution >= 0.6 is 15.9 Å². The zero-order chi connectivity index (χ0) is 13.5. The maximum Gasteiger partial charge on any atom is 0.238 e. The molecule has 0 fully saturated rings. The third kappa shape index (κ3) is 4.69. The Hall–Kier alpha value is -1.03. The SMILES string of the molecule is CCCOc1ccc(NC(=O)C(Br)C(C)C)cc1. The Morgan fingerprint density at radius 1 is 1.33 bits per heavy atom. The molecule has 1 atom stereocenters. The molecule has 1 aromatic rings. The summed E-state index contributed by atoms with van der Waals surface area (Å²) in [4.78, 5) is 11.6. The van der Waals surface area contributed by atoms with Crippen molar-refractivity contribution in [2.45, 2.75) is 32.0 Å². The quantitative estimate of drug-likeness (QED) is 0.810. The largest absolute Gasteiger partial charge is 0.494 e. The third-order valence-corrected chi connectivity index (χ3v) is 3.90. The van der Waals surface area contributed by atoms with Crippen LogP contribution in [-0.2, 0) is 4.79 Å². The Morgan fingerprint density at radius 2 is 1.94 bits per heavy atom. The minimum atomic E-state index is -0.173. The van der Waals surface area contributed by atoms with Crippen LogP contribution in [0.2, 0.25) is 0 Å². The van der Waals surface area contributed by atoms with Crippen molar-refractivity contribution in [2.24, 2.45) is 5.92 Å². The fraction of sp³-hybridized carbons (Fsp3) is 0.500. The number of halogens is 1. The number of carbonyl (C=O) groups excluding carboxylic acids is 1. The molecule has 0 aliphatic rings. The first kappa shape index (κ1) is 15.0. The van der Waals surface area contributed by atoms with Gasteiger partial charge in [-0.1, -0.05) is 36.7 Å². The molecule has 1 unspecified atom stereocenters. The van der Waals surface area contributed by atoms with E-state index in [-0.39, 0.29) is 16.7 Å². The van der Waals surface area contributed by atoms with Crippen molar-refractivity contribution in [2.75, 3.05) is 11.9 Å². The normalized spacial score (nSPS) is 12.3. The Morgan fingerprint density at radius 3 is 2.44 bits per heavy atom. The highest BCUT2D eigenvalue weighted by atomic mass is 79.9. The molecule has 0 saturated heterocycles. The third-order valence-electron chi connectivity index (χ3n) is 2.43. The van der Waals surface area contributed by atoms with E-state index in [0.29, 0.717) is 6.61 Å². The molecule has 4 heteroatoms. The maximum atomic E-state index is 11.8. The molecule has 18 heavy (non-hydrogen) atoms. The summed E-state index contributed by atoms with van der Waals surface area (Å²) in [7, 11) is 0. The molecule has 0 bridgehead atoms. The van der Waals surface area contributed by atoms with Crippen molar-refractivity contribution in [3.05, 3.63) is 24.3 Å². The summed E-state index contributed by atoms with van der Waals surface area (Å²) in [6, 6.07) is 7.43. The second-order valence-electron chi connectivity index (χ2n) is 4.51. The molecule has 0 heterocycles. The van der Waals surface area contributed by atoms with Gasteiger partial charge in [0.25, 0.3) is 0 Å². The molecule has 1 amide bonds. The number of ether oxygens (including phenoxy) is 1. The standard InChI is InChI=1S/C14H20BrNO2/c1-4-9-18-12-7-5-11(6-8-12)16-14(17)13(15)10(2)3/h5-8,10,13H,4,9H2,1-3H3,(H,16,17). The van der Waals surface area contributed by atoms with Gasteiger partial charge >= 0.3 is 0 Å². The fourth-order valence-corrected chi connectivity index (χ4v) is 1.48. The van der Waals surface area contributed by atoms with Crippen molar-refractivity contribution >= 4 is 27.5 Å². The van der Waals surface area contributed by atoms with Crippen molar-refractivity contribution in [1.29, 1.82) is 0 Å². The minimum absolute atomic E-state index is 0.0211. The van der Waals surface area contributed by atoms with Gasteiger partial charge in [-0.15, -0.1) is 0 Å². The lowest BCUT2D eigenvalue weighted by Crippen LogP contribution is -2.26. The van der Waals surface area contributed by atoms with Gasteiger partial charge in [0.05, 0.1) is 11.4 Å². The van der Waals surface area contributed by atoms with Gasteiger partial charge in [-0.3, -0.25) is 4.79 Å². The van der Waals surface area contributed by atoms with Crippen molar-refractivity contribution in [3.8, 4) is 5.75 Å². The topological polar surface area (TPSA) is 38.3 Å². The fourth-order valence-electron chi connectivity index (χ4n) is 1.37. The van der Waals surface area contributed by atoms with E-state index >= 15 is 0 Å². The first-order chi connectivity index (χ1) is 8.54. The van der Waals surface area contributed by atoms with E-state index in [1.807, 2.05) is 38.1 Å². The van der Waals surface area contributed by atoms with Crippen LogP contribution in [0.5, 0.6) is 5.75 Å². The summed E-state index contributed by atoms with van der Waals surface area (Å²) in [6.45, 7) is 6.78. The highest BCUT2D eigenvalue weighted by Crippen LogP contribution is 2.18. The predicted octanol–water partition coefficient (Wildman–Crippen LogP) is 3.83. The van der Waals surface area contributed by atoms with E-state index in [2.05, 4.69) is 28.2 Å². The van der Waals surface area contributed by atoms with Crippen molar-refractivity contribution < 1.29 is 9.53 Å². The van der Waals surface area contributed by atoms with Crippen molar-refractivity contribution in [3.63, 3.8) is 0 Å². The summed E-state index contributed by atoms with van der Waals surface area (Å²) < 4.78 is 5.48. The van der Waals surface area contributed by atoms with E-state index in [4.69, 9.17) is 4.74 Å². The molecule has 0 radical (unpaired) electrons. The molecular weight excluding hydrogens is 294 g/mol. The number of carbonyl (C=O) groups is 1.